The van der Waals surface area contributed by atoms with Gasteiger partial charge in [0.15, 0.2) is 0 Å². The van der Waals surface area contributed by atoms with E-state index in [1.54, 1.807) is 34.0 Å². The summed E-state index contributed by atoms with van der Waals surface area (Å²) in [6, 6.07) is 11.9. The van der Waals surface area contributed by atoms with Crippen LogP contribution < -0.4 is 4.90 Å². The monoisotopic (exact) mass is 355 g/mol. The van der Waals surface area contributed by atoms with Crippen molar-refractivity contribution in [3.8, 4) is 0 Å². The predicted octanol–water partition coefficient (Wildman–Crippen LogP) is 2.61. The Labute approximate surface area is 152 Å². The number of rotatable bonds is 5. The molecule has 2 aromatic rings. The first-order chi connectivity index (χ1) is 12.2. The number of amides is 2. The molecule has 0 aliphatic carbocycles. The number of hydrogen-bond acceptors (Lipinski definition) is 4. The number of benzene rings is 1. The zero-order chi connectivity index (χ0) is 17.6. The van der Waals surface area contributed by atoms with Crippen molar-refractivity contribution < 1.29 is 9.59 Å². The molecule has 0 saturated carbocycles. The van der Waals surface area contributed by atoms with E-state index in [2.05, 4.69) is 29.2 Å². The van der Waals surface area contributed by atoms with E-state index in [-0.39, 0.29) is 18.4 Å². The molecular formula is C19H21N3O2S. The van der Waals surface area contributed by atoms with Crippen LogP contribution in [0, 0.1) is 0 Å². The number of thioether (sulfide) groups is 1. The predicted molar refractivity (Wildman–Crippen MR) is 99.7 cm³/mol. The molecule has 0 radical (unpaired) electrons. The van der Waals surface area contributed by atoms with Crippen molar-refractivity contribution in [3.05, 3.63) is 54.4 Å². The number of aryl methyl sites for hydroxylation is 1. The summed E-state index contributed by atoms with van der Waals surface area (Å²) in [5.74, 6) is -0.0231. The third-order valence-corrected chi connectivity index (χ3v) is 5.06. The van der Waals surface area contributed by atoms with Gasteiger partial charge in [0.2, 0.25) is 11.8 Å². The van der Waals surface area contributed by atoms with E-state index in [1.165, 1.54) is 4.90 Å². The van der Waals surface area contributed by atoms with E-state index in [1.807, 2.05) is 18.4 Å². The maximum absolute atomic E-state index is 12.4. The van der Waals surface area contributed by atoms with Gasteiger partial charge in [0.1, 0.15) is 6.54 Å². The molecule has 0 unspecified atom stereocenters. The second-order valence-electron chi connectivity index (χ2n) is 5.92. The van der Waals surface area contributed by atoms with Crippen LogP contribution in [0.1, 0.15) is 12.0 Å². The zero-order valence-corrected chi connectivity index (χ0v) is 15.0. The molecule has 5 nitrogen and oxygen atoms in total. The molecule has 2 heterocycles. The fourth-order valence-electron chi connectivity index (χ4n) is 2.87. The number of piperazine rings is 1. The van der Waals surface area contributed by atoms with Gasteiger partial charge in [-0.15, -0.1) is 11.8 Å². The highest BCUT2D eigenvalue weighted by atomic mass is 32.2. The highest BCUT2D eigenvalue weighted by molar-refractivity contribution is 7.98. The fourth-order valence-corrected chi connectivity index (χ4v) is 3.28. The first-order valence-electron chi connectivity index (χ1n) is 8.28. The molecule has 1 aromatic heterocycles. The van der Waals surface area contributed by atoms with Gasteiger partial charge in [-0.1, -0.05) is 12.1 Å². The lowest BCUT2D eigenvalue weighted by molar-refractivity contribution is -0.136. The number of pyridine rings is 1. The Morgan fingerprint density at radius 3 is 2.64 bits per heavy atom. The molecule has 3 rings (SSSR count). The van der Waals surface area contributed by atoms with Gasteiger partial charge in [-0.3, -0.25) is 14.6 Å². The molecule has 0 bridgehead atoms. The van der Waals surface area contributed by atoms with Crippen LogP contribution in [-0.4, -0.2) is 47.6 Å². The summed E-state index contributed by atoms with van der Waals surface area (Å²) in [6.45, 7) is 1.21. The van der Waals surface area contributed by atoms with Gasteiger partial charge in [-0.05, 0) is 42.5 Å². The molecule has 1 aromatic carbocycles. The number of aromatic nitrogens is 1. The number of hydrogen-bond donors (Lipinski definition) is 0. The summed E-state index contributed by atoms with van der Waals surface area (Å²) < 4.78 is 0. The first kappa shape index (κ1) is 17.5. The van der Waals surface area contributed by atoms with Gasteiger partial charge in [-0.2, -0.15) is 0 Å². The number of nitrogens with zero attached hydrogens (tertiary/aromatic N) is 3. The first-order valence-corrected chi connectivity index (χ1v) is 9.51. The van der Waals surface area contributed by atoms with Gasteiger partial charge in [0.25, 0.3) is 0 Å². The van der Waals surface area contributed by atoms with Crippen LogP contribution in [-0.2, 0) is 16.0 Å². The third kappa shape index (κ3) is 4.39. The fraction of sp³-hybridized carbons (Fsp3) is 0.316. The van der Waals surface area contributed by atoms with E-state index in [9.17, 15) is 9.59 Å². The van der Waals surface area contributed by atoms with Crippen LogP contribution >= 0.6 is 11.8 Å². The average molecular weight is 355 g/mol. The summed E-state index contributed by atoms with van der Waals surface area (Å²) in [5, 5.41) is 0. The van der Waals surface area contributed by atoms with E-state index in [0.29, 0.717) is 25.9 Å². The highest BCUT2D eigenvalue weighted by Gasteiger charge is 2.27. The number of carbonyl (C=O) groups is 2. The molecule has 6 heteroatoms. The largest absolute Gasteiger partial charge is 0.332 e. The summed E-state index contributed by atoms with van der Waals surface area (Å²) in [6.07, 6.45) is 6.52. The van der Waals surface area contributed by atoms with Gasteiger partial charge in [-0.25, -0.2) is 0 Å². The van der Waals surface area contributed by atoms with Crippen molar-refractivity contribution in [3.63, 3.8) is 0 Å². The van der Waals surface area contributed by atoms with Crippen molar-refractivity contribution in [1.82, 2.24) is 9.88 Å². The quantitative estimate of drug-likeness (QED) is 0.774. The van der Waals surface area contributed by atoms with E-state index in [4.69, 9.17) is 0 Å². The molecular weight excluding hydrogens is 334 g/mol. The van der Waals surface area contributed by atoms with E-state index in [0.717, 1.165) is 11.3 Å². The SMILES string of the molecule is CSc1ccc(CCC(=O)N2CCN(c3cccnc3)C(=O)C2)cc1. The maximum atomic E-state index is 12.4. The molecule has 1 aliphatic rings. The number of carbonyl (C=O) groups excluding carboxylic acids is 2. The standard InChI is InChI=1S/C19H21N3O2S/c1-25-17-7-4-15(5-8-17)6-9-18(23)21-11-12-22(19(24)14-21)16-3-2-10-20-13-16/h2-5,7-8,10,13H,6,9,11-12,14H2,1H3. The van der Waals surface area contributed by atoms with Gasteiger partial charge >= 0.3 is 0 Å². The van der Waals surface area contributed by atoms with Crippen molar-refractivity contribution >= 4 is 29.3 Å². The molecule has 1 saturated heterocycles. The minimum Gasteiger partial charge on any atom is -0.332 e. The normalized spacial score (nSPS) is 14.7. The summed E-state index contributed by atoms with van der Waals surface area (Å²) in [5.41, 5.74) is 1.93. The van der Waals surface area contributed by atoms with Gasteiger partial charge < -0.3 is 9.80 Å². The lowest BCUT2D eigenvalue weighted by atomic mass is 10.1. The topological polar surface area (TPSA) is 53.5 Å². The Morgan fingerprint density at radius 2 is 2.00 bits per heavy atom. The molecule has 2 amide bonds. The Kier molecular flexibility index (Phi) is 5.71. The molecule has 0 N–H and O–H groups in total. The van der Waals surface area contributed by atoms with Crippen LogP contribution in [0.2, 0.25) is 0 Å². The molecule has 130 valence electrons. The molecule has 1 aliphatic heterocycles. The van der Waals surface area contributed by atoms with Crippen molar-refractivity contribution in [2.75, 3.05) is 30.8 Å². The van der Waals surface area contributed by atoms with Crippen LogP contribution in [0.5, 0.6) is 0 Å². The minimum absolute atomic E-state index is 0.0353. The van der Waals surface area contributed by atoms with Crippen molar-refractivity contribution in [2.45, 2.75) is 17.7 Å². The lowest BCUT2D eigenvalue weighted by Gasteiger charge is -2.34. The van der Waals surface area contributed by atoms with Crippen molar-refractivity contribution in [1.29, 1.82) is 0 Å². The Balaban J connectivity index is 1.53. The van der Waals surface area contributed by atoms with E-state index >= 15 is 0 Å². The molecule has 0 spiro atoms. The zero-order valence-electron chi connectivity index (χ0n) is 14.2. The lowest BCUT2D eigenvalue weighted by Crippen LogP contribution is -2.52. The Bertz CT molecular complexity index is 734. The summed E-state index contributed by atoms with van der Waals surface area (Å²) >= 11 is 1.70. The van der Waals surface area contributed by atoms with Crippen LogP contribution in [0.3, 0.4) is 0 Å². The van der Waals surface area contributed by atoms with Crippen LogP contribution in [0.25, 0.3) is 0 Å². The molecule has 1 fully saturated rings. The number of anilines is 1. The molecule has 25 heavy (non-hydrogen) atoms. The van der Waals surface area contributed by atoms with E-state index < -0.39 is 0 Å². The Hall–Kier alpha value is -2.34. The van der Waals surface area contributed by atoms with Gasteiger partial charge in [0.05, 0.1) is 11.9 Å². The van der Waals surface area contributed by atoms with Crippen molar-refractivity contribution in [2.24, 2.45) is 0 Å². The smallest absolute Gasteiger partial charge is 0.246 e. The Morgan fingerprint density at radius 1 is 1.20 bits per heavy atom. The minimum atomic E-state index is -0.0584. The van der Waals surface area contributed by atoms with Gasteiger partial charge in [0, 0.05) is 30.6 Å². The highest BCUT2D eigenvalue weighted by Crippen LogP contribution is 2.18. The van der Waals surface area contributed by atoms with Crippen LogP contribution in [0.15, 0.2) is 53.7 Å². The summed E-state index contributed by atoms with van der Waals surface area (Å²) in [4.78, 5) is 33.4. The second kappa shape index (κ2) is 8.16. The van der Waals surface area contributed by atoms with Crippen LogP contribution in [0.4, 0.5) is 5.69 Å². The summed E-state index contributed by atoms with van der Waals surface area (Å²) in [7, 11) is 0. The molecule has 0 atom stereocenters. The maximum Gasteiger partial charge on any atom is 0.246 e. The third-order valence-electron chi connectivity index (χ3n) is 4.32. The average Bonchev–Trinajstić information content (AvgIpc) is 2.67. The second-order valence-corrected chi connectivity index (χ2v) is 6.80.